The summed E-state index contributed by atoms with van der Waals surface area (Å²) in [5.41, 5.74) is 9.67. The maximum Gasteiger partial charge on any atom is 0.0400 e. The van der Waals surface area contributed by atoms with Crippen LogP contribution in [-0.4, -0.2) is 13.1 Å². The van der Waals surface area contributed by atoms with Crippen LogP contribution in [0, 0.1) is 5.92 Å². The second-order valence-electron chi connectivity index (χ2n) is 5.85. The maximum atomic E-state index is 5.90. The molecule has 0 saturated heterocycles. The van der Waals surface area contributed by atoms with Gasteiger partial charge in [0.2, 0.25) is 0 Å². The molecule has 0 spiro atoms. The minimum absolute atomic E-state index is 0.837. The Hall–Kier alpha value is -1.18. The standard InChI is InChI=1S/C17H28N2/c1-3-5-7-14(4-2)13-19-11-6-8-15-12-16(18)9-10-17(15)19/h9-10,12,14H,3-8,11,13,18H2,1-2H3. The number of hydrogen-bond donors (Lipinski definition) is 1. The van der Waals surface area contributed by atoms with Crippen LogP contribution in [0.15, 0.2) is 18.2 Å². The molecule has 0 amide bonds. The van der Waals surface area contributed by atoms with Crippen molar-refractivity contribution >= 4 is 11.4 Å². The van der Waals surface area contributed by atoms with Crippen molar-refractivity contribution in [1.29, 1.82) is 0 Å². The van der Waals surface area contributed by atoms with Crippen LogP contribution in [0.4, 0.5) is 11.4 Å². The van der Waals surface area contributed by atoms with Crippen LogP contribution in [0.1, 0.15) is 51.5 Å². The van der Waals surface area contributed by atoms with Crippen LogP contribution >= 0.6 is 0 Å². The Kier molecular flexibility index (Phi) is 5.12. The van der Waals surface area contributed by atoms with Gasteiger partial charge in [-0.2, -0.15) is 0 Å². The second-order valence-corrected chi connectivity index (χ2v) is 5.85. The quantitative estimate of drug-likeness (QED) is 0.775. The van der Waals surface area contributed by atoms with Gasteiger partial charge in [0.25, 0.3) is 0 Å². The number of nitrogen functional groups attached to an aromatic ring is 1. The lowest BCUT2D eigenvalue weighted by Crippen LogP contribution is -2.34. The third kappa shape index (κ3) is 3.65. The first kappa shape index (κ1) is 14.2. The van der Waals surface area contributed by atoms with Gasteiger partial charge in [-0.15, -0.1) is 0 Å². The first-order valence-corrected chi connectivity index (χ1v) is 7.88. The highest BCUT2D eigenvalue weighted by molar-refractivity contribution is 5.61. The van der Waals surface area contributed by atoms with Crippen molar-refractivity contribution in [2.75, 3.05) is 23.7 Å². The monoisotopic (exact) mass is 260 g/mol. The molecule has 0 saturated carbocycles. The SMILES string of the molecule is CCCCC(CC)CN1CCCc2cc(N)ccc21. The highest BCUT2D eigenvalue weighted by Gasteiger charge is 2.19. The van der Waals surface area contributed by atoms with E-state index in [0.29, 0.717) is 0 Å². The first-order chi connectivity index (χ1) is 9.24. The van der Waals surface area contributed by atoms with E-state index in [2.05, 4.69) is 30.9 Å². The van der Waals surface area contributed by atoms with Crippen LogP contribution in [0.3, 0.4) is 0 Å². The van der Waals surface area contributed by atoms with Gasteiger partial charge in [0.1, 0.15) is 0 Å². The normalized spacial score (nSPS) is 16.2. The fraction of sp³-hybridized carbons (Fsp3) is 0.647. The van der Waals surface area contributed by atoms with E-state index in [1.54, 1.807) is 0 Å². The molecule has 106 valence electrons. The molecular weight excluding hydrogens is 232 g/mol. The molecule has 1 aromatic carbocycles. The molecule has 0 radical (unpaired) electrons. The lowest BCUT2D eigenvalue weighted by atomic mass is 9.95. The lowest BCUT2D eigenvalue weighted by Gasteiger charge is -2.34. The molecule has 0 aromatic heterocycles. The van der Waals surface area contributed by atoms with Crippen molar-refractivity contribution in [3.63, 3.8) is 0 Å². The van der Waals surface area contributed by atoms with Gasteiger partial charge in [-0.05, 0) is 48.9 Å². The van der Waals surface area contributed by atoms with Crippen LogP contribution in [0.5, 0.6) is 0 Å². The van der Waals surface area contributed by atoms with E-state index in [0.717, 1.165) is 11.6 Å². The smallest absolute Gasteiger partial charge is 0.0400 e. The number of hydrogen-bond acceptors (Lipinski definition) is 2. The van der Waals surface area contributed by atoms with Gasteiger partial charge in [-0.1, -0.05) is 33.1 Å². The van der Waals surface area contributed by atoms with Crippen molar-refractivity contribution in [1.82, 2.24) is 0 Å². The molecule has 2 N–H and O–H groups in total. The number of rotatable bonds is 6. The number of benzene rings is 1. The number of anilines is 2. The number of aryl methyl sites for hydroxylation is 1. The van der Waals surface area contributed by atoms with E-state index < -0.39 is 0 Å². The predicted octanol–water partition coefficient (Wildman–Crippen LogP) is 4.24. The predicted molar refractivity (Wildman–Crippen MR) is 84.7 cm³/mol. The molecule has 2 heteroatoms. The van der Waals surface area contributed by atoms with Crippen LogP contribution in [0.25, 0.3) is 0 Å². The summed E-state index contributed by atoms with van der Waals surface area (Å²) in [6.07, 6.45) is 7.78. The van der Waals surface area contributed by atoms with Gasteiger partial charge in [-0.25, -0.2) is 0 Å². The molecule has 0 aliphatic carbocycles. The molecule has 0 fully saturated rings. The first-order valence-electron chi connectivity index (χ1n) is 7.88. The Morgan fingerprint density at radius 3 is 2.89 bits per heavy atom. The Morgan fingerprint density at radius 1 is 1.32 bits per heavy atom. The molecule has 1 aromatic rings. The summed E-state index contributed by atoms with van der Waals surface area (Å²) < 4.78 is 0. The summed E-state index contributed by atoms with van der Waals surface area (Å²) in [5, 5.41) is 0. The summed E-state index contributed by atoms with van der Waals surface area (Å²) in [7, 11) is 0. The number of nitrogens with two attached hydrogens (primary N) is 1. The van der Waals surface area contributed by atoms with Crippen molar-refractivity contribution < 1.29 is 0 Å². The van der Waals surface area contributed by atoms with Crippen molar-refractivity contribution in [3.05, 3.63) is 23.8 Å². The Balaban J connectivity index is 2.06. The van der Waals surface area contributed by atoms with Crippen molar-refractivity contribution in [3.8, 4) is 0 Å². The van der Waals surface area contributed by atoms with E-state index in [-0.39, 0.29) is 0 Å². The largest absolute Gasteiger partial charge is 0.399 e. The van der Waals surface area contributed by atoms with Crippen molar-refractivity contribution in [2.45, 2.75) is 52.4 Å². The van der Waals surface area contributed by atoms with Gasteiger partial charge in [0, 0.05) is 24.5 Å². The zero-order valence-corrected chi connectivity index (χ0v) is 12.5. The minimum atomic E-state index is 0.837. The maximum absolute atomic E-state index is 5.90. The van der Waals surface area contributed by atoms with Gasteiger partial charge >= 0.3 is 0 Å². The van der Waals surface area contributed by atoms with Gasteiger partial charge in [0.05, 0.1) is 0 Å². The molecule has 1 aliphatic rings. The Morgan fingerprint density at radius 2 is 2.16 bits per heavy atom. The number of unbranched alkanes of at least 4 members (excludes halogenated alkanes) is 1. The van der Waals surface area contributed by atoms with E-state index in [1.165, 1.54) is 62.9 Å². The molecule has 1 heterocycles. The average Bonchev–Trinajstić information content (AvgIpc) is 2.43. The fourth-order valence-electron chi connectivity index (χ4n) is 3.11. The number of nitrogens with zero attached hydrogens (tertiary/aromatic N) is 1. The molecule has 1 aliphatic heterocycles. The summed E-state index contributed by atoms with van der Waals surface area (Å²) in [4.78, 5) is 2.59. The molecule has 1 unspecified atom stereocenters. The van der Waals surface area contributed by atoms with E-state index >= 15 is 0 Å². The van der Waals surface area contributed by atoms with E-state index in [9.17, 15) is 0 Å². The molecule has 0 bridgehead atoms. The zero-order chi connectivity index (χ0) is 13.7. The fourth-order valence-corrected chi connectivity index (χ4v) is 3.11. The Labute approximate surface area is 118 Å². The van der Waals surface area contributed by atoms with Gasteiger partial charge in [0.15, 0.2) is 0 Å². The zero-order valence-electron chi connectivity index (χ0n) is 12.5. The van der Waals surface area contributed by atoms with Crippen LogP contribution < -0.4 is 10.6 Å². The highest BCUT2D eigenvalue weighted by Crippen LogP contribution is 2.30. The third-order valence-corrected chi connectivity index (χ3v) is 4.34. The minimum Gasteiger partial charge on any atom is -0.399 e. The van der Waals surface area contributed by atoms with Crippen molar-refractivity contribution in [2.24, 2.45) is 5.92 Å². The van der Waals surface area contributed by atoms with Gasteiger partial charge < -0.3 is 10.6 Å². The lowest BCUT2D eigenvalue weighted by molar-refractivity contribution is 0.441. The summed E-state index contributed by atoms with van der Waals surface area (Å²) >= 11 is 0. The van der Waals surface area contributed by atoms with E-state index in [4.69, 9.17) is 5.73 Å². The molecular formula is C17H28N2. The summed E-state index contributed by atoms with van der Waals surface area (Å²) in [6, 6.07) is 6.43. The topological polar surface area (TPSA) is 29.3 Å². The molecule has 1 atom stereocenters. The Bertz CT molecular complexity index is 400. The molecule has 2 nitrogen and oxygen atoms in total. The summed E-state index contributed by atoms with van der Waals surface area (Å²) in [5.74, 6) is 0.837. The summed E-state index contributed by atoms with van der Waals surface area (Å²) in [6.45, 7) is 7.03. The molecule has 19 heavy (non-hydrogen) atoms. The average molecular weight is 260 g/mol. The third-order valence-electron chi connectivity index (χ3n) is 4.34. The van der Waals surface area contributed by atoms with Crippen LogP contribution in [0.2, 0.25) is 0 Å². The van der Waals surface area contributed by atoms with Crippen LogP contribution in [-0.2, 0) is 6.42 Å². The van der Waals surface area contributed by atoms with Gasteiger partial charge in [-0.3, -0.25) is 0 Å². The highest BCUT2D eigenvalue weighted by atomic mass is 15.1. The number of fused-ring (bicyclic) bond motifs is 1. The second kappa shape index (κ2) is 6.83. The molecule has 2 rings (SSSR count). The van der Waals surface area contributed by atoms with E-state index in [1.807, 2.05) is 6.07 Å².